The van der Waals surface area contributed by atoms with Gasteiger partial charge in [0.1, 0.15) is 0 Å². The van der Waals surface area contributed by atoms with Crippen LogP contribution in [0.15, 0.2) is 200 Å². The lowest BCUT2D eigenvalue weighted by atomic mass is 10.0. The Labute approximate surface area is 339 Å². The molecule has 0 saturated carbocycles. The standard InChI is InChI=1S/C55H41N3/c1-5-16-40(17-6-1)42-22-14-23-43(28-27-42)47-33-34-51-50-25-11-4-12-26-53(50)58(54(51)37-47)49-24-13-15-39(36-49)35-48-38-52(45-20-9-3-10-21-45)57-55(56-48)46-31-29-44(30-32-46)41-18-7-2-8-19-41/h1-10,12-22,24-34,36-38H,11,23,35H2. The van der Waals surface area contributed by atoms with Crippen molar-refractivity contribution in [1.29, 1.82) is 0 Å². The van der Waals surface area contributed by atoms with Crippen LogP contribution in [-0.4, -0.2) is 14.5 Å². The summed E-state index contributed by atoms with van der Waals surface area (Å²) in [5.41, 5.74) is 14.9. The van der Waals surface area contributed by atoms with Crippen molar-refractivity contribution in [3.8, 4) is 39.5 Å². The highest BCUT2D eigenvalue weighted by atomic mass is 15.0. The molecule has 0 N–H and O–H groups in total. The van der Waals surface area contributed by atoms with Gasteiger partial charge >= 0.3 is 0 Å². The second kappa shape index (κ2) is 15.6. The summed E-state index contributed by atoms with van der Waals surface area (Å²) in [4.78, 5) is 10.3. The van der Waals surface area contributed by atoms with Crippen LogP contribution < -0.4 is 10.6 Å². The summed E-state index contributed by atoms with van der Waals surface area (Å²) in [7, 11) is 0. The zero-order valence-corrected chi connectivity index (χ0v) is 32.2. The van der Waals surface area contributed by atoms with Gasteiger partial charge < -0.3 is 4.57 Å². The normalized spacial score (nSPS) is 13.4. The first-order valence-corrected chi connectivity index (χ1v) is 20.1. The number of fused-ring (bicyclic) bond motifs is 3. The van der Waals surface area contributed by atoms with E-state index in [1.54, 1.807) is 0 Å². The third kappa shape index (κ3) is 7.11. The van der Waals surface area contributed by atoms with Crippen molar-refractivity contribution in [2.75, 3.05) is 0 Å². The highest BCUT2D eigenvalue weighted by Gasteiger charge is 2.15. The van der Waals surface area contributed by atoms with E-state index in [0.29, 0.717) is 6.42 Å². The molecule has 0 unspecified atom stereocenters. The Morgan fingerprint density at radius 1 is 0.534 bits per heavy atom. The van der Waals surface area contributed by atoms with E-state index in [9.17, 15) is 0 Å². The van der Waals surface area contributed by atoms with Gasteiger partial charge in [-0.15, -0.1) is 0 Å². The maximum atomic E-state index is 5.19. The second-order valence-corrected chi connectivity index (χ2v) is 14.9. The molecule has 0 spiro atoms. The quantitative estimate of drug-likeness (QED) is 0.155. The Balaban J connectivity index is 1.04. The van der Waals surface area contributed by atoms with Crippen molar-refractivity contribution < 1.29 is 0 Å². The monoisotopic (exact) mass is 743 g/mol. The van der Waals surface area contributed by atoms with Crippen LogP contribution in [0, 0.1) is 0 Å². The van der Waals surface area contributed by atoms with E-state index in [2.05, 4.69) is 205 Å². The number of allylic oxidation sites excluding steroid dienone is 8. The molecular weight excluding hydrogens is 703 g/mol. The lowest BCUT2D eigenvalue weighted by molar-refractivity contribution is 1.02. The molecule has 0 amide bonds. The highest BCUT2D eigenvalue weighted by Crippen LogP contribution is 2.30. The summed E-state index contributed by atoms with van der Waals surface area (Å²) < 4.78 is 2.44. The summed E-state index contributed by atoms with van der Waals surface area (Å²) in [6.45, 7) is 0. The van der Waals surface area contributed by atoms with Crippen molar-refractivity contribution in [3.63, 3.8) is 0 Å². The maximum Gasteiger partial charge on any atom is 0.160 e. The van der Waals surface area contributed by atoms with E-state index in [1.165, 1.54) is 60.4 Å². The molecule has 0 atom stereocenters. The Bertz CT molecular complexity index is 3040. The van der Waals surface area contributed by atoms with Crippen LogP contribution >= 0.6 is 0 Å². The summed E-state index contributed by atoms with van der Waals surface area (Å²) >= 11 is 0. The molecule has 0 saturated heterocycles. The highest BCUT2D eigenvalue weighted by molar-refractivity contribution is 5.89. The van der Waals surface area contributed by atoms with Gasteiger partial charge in [-0.2, -0.15) is 0 Å². The average Bonchev–Trinajstić information content (AvgIpc) is 3.49. The minimum atomic E-state index is 0.670. The molecule has 3 heteroatoms. The van der Waals surface area contributed by atoms with E-state index >= 15 is 0 Å². The fourth-order valence-corrected chi connectivity index (χ4v) is 8.21. The third-order valence-corrected chi connectivity index (χ3v) is 11.1. The van der Waals surface area contributed by atoms with Crippen molar-refractivity contribution in [1.82, 2.24) is 14.5 Å². The molecule has 0 aliphatic heterocycles. The van der Waals surface area contributed by atoms with Gasteiger partial charge in [-0.3, -0.25) is 0 Å². The van der Waals surface area contributed by atoms with E-state index in [0.717, 1.165) is 46.9 Å². The van der Waals surface area contributed by atoms with Crippen molar-refractivity contribution in [3.05, 3.63) is 233 Å². The molecule has 58 heavy (non-hydrogen) atoms. The van der Waals surface area contributed by atoms with Crippen LogP contribution in [0.4, 0.5) is 0 Å². The fraction of sp³-hybridized carbons (Fsp3) is 0.0545. The topological polar surface area (TPSA) is 30.7 Å². The van der Waals surface area contributed by atoms with Gasteiger partial charge in [-0.25, -0.2) is 9.97 Å². The lowest BCUT2D eigenvalue weighted by Crippen LogP contribution is -2.27. The number of rotatable bonds is 8. The Morgan fingerprint density at radius 3 is 2.03 bits per heavy atom. The van der Waals surface area contributed by atoms with Gasteiger partial charge in [0.2, 0.25) is 0 Å². The summed E-state index contributed by atoms with van der Waals surface area (Å²) in [6, 6.07) is 58.2. The number of benzene rings is 6. The number of hydrogen-bond acceptors (Lipinski definition) is 2. The molecular formula is C55H41N3. The van der Waals surface area contributed by atoms with E-state index in [1.807, 2.05) is 12.1 Å². The van der Waals surface area contributed by atoms with Crippen molar-refractivity contribution in [2.45, 2.75) is 19.3 Å². The van der Waals surface area contributed by atoms with Crippen LogP contribution in [0.5, 0.6) is 0 Å². The predicted molar refractivity (Wildman–Crippen MR) is 243 cm³/mol. The number of nitrogens with zero attached hydrogens (tertiary/aromatic N) is 3. The Hall–Kier alpha value is -7.36. The summed E-state index contributed by atoms with van der Waals surface area (Å²) in [5.74, 6) is 0.728. The van der Waals surface area contributed by atoms with Crippen LogP contribution in [0.2, 0.25) is 0 Å². The van der Waals surface area contributed by atoms with E-state index < -0.39 is 0 Å². The second-order valence-electron chi connectivity index (χ2n) is 14.9. The van der Waals surface area contributed by atoms with Crippen molar-refractivity contribution >= 4 is 34.2 Å². The minimum absolute atomic E-state index is 0.670. The van der Waals surface area contributed by atoms with Gasteiger partial charge in [0.05, 0.1) is 16.6 Å². The first-order chi connectivity index (χ1) is 28.7. The van der Waals surface area contributed by atoms with Crippen LogP contribution in [0.1, 0.15) is 35.2 Å². The molecule has 0 bridgehead atoms. The smallest absolute Gasteiger partial charge is 0.160 e. The number of hydrogen-bond donors (Lipinski definition) is 0. The molecule has 8 aromatic rings. The van der Waals surface area contributed by atoms with Gasteiger partial charge in [-0.1, -0.05) is 182 Å². The van der Waals surface area contributed by atoms with Crippen molar-refractivity contribution in [2.24, 2.45) is 0 Å². The molecule has 2 heterocycles. The predicted octanol–water partition coefficient (Wildman–Crippen LogP) is 12.0. The van der Waals surface area contributed by atoms with E-state index in [-0.39, 0.29) is 0 Å². The van der Waals surface area contributed by atoms with Gasteiger partial charge in [0.25, 0.3) is 0 Å². The molecule has 2 aliphatic carbocycles. The Morgan fingerprint density at radius 2 is 1.24 bits per heavy atom. The van der Waals surface area contributed by atoms with E-state index in [4.69, 9.17) is 9.97 Å². The molecule has 3 nitrogen and oxygen atoms in total. The Kier molecular flexibility index (Phi) is 9.46. The minimum Gasteiger partial charge on any atom is -0.309 e. The largest absolute Gasteiger partial charge is 0.309 e. The first-order valence-electron chi connectivity index (χ1n) is 20.1. The van der Waals surface area contributed by atoms with Gasteiger partial charge in [-0.05, 0) is 82.1 Å². The zero-order valence-electron chi connectivity index (χ0n) is 32.2. The van der Waals surface area contributed by atoms with Crippen LogP contribution in [-0.2, 0) is 6.42 Å². The molecule has 6 aromatic carbocycles. The molecule has 0 fully saturated rings. The maximum absolute atomic E-state index is 5.19. The summed E-state index contributed by atoms with van der Waals surface area (Å²) in [5, 5.41) is 3.75. The average molecular weight is 744 g/mol. The van der Waals surface area contributed by atoms with Crippen LogP contribution in [0.3, 0.4) is 0 Å². The number of aromatic nitrogens is 3. The van der Waals surface area contributed by atoms with Gasteiger partial charge in [0, 0.05) is 39.5 Å². The first kappa shape index (κ1) is 35.1. The SMILES string of the molecule is C1=CCC=c2c(n(-c3cccc(Cc4cc(-c5ccccc5)nc(-c5ccc(-c6ccccc6)cc5)n4)c3)c3cc(C4=CC=C(c5ccccc5)C=CC4)ccc23)=C1. The summed E-state index contributed by atoms with van der Waals surface area (Å²) in [6.07, 6.45) is 20.6. The molecule has 10 rings (SSSR count). The zero-order chi connectivity index (χ0) is 38.7. The van der Waals surface area contributed by atoms with Crippen LogP contribution in [0.25, 0.3) is 73.7 Å². The third-order valence-electron chi connectivity index (χ3n) is 11.1. The van der Waals surface area contributed by atoms with Gasteiger partial charge in [0.15, 0.2) is 5.82 Å². The molecule has 0 radical (unpaired) electrons. The lowest BCUT2D eigenvalue weighted by Gasteiger charge is -2.12. The fourth-order valence-electron chi connectivity index (χ4n) is 8.21. The molecule has 276 valence electrons. The molecule has 2 aromatic heterocycles. The molecule has 2 aliphatic rings.